The number of aldehydes is 1. The van der Waals surface area contributed by atoms with Gasteiger partial charge in [-0.3, -0.25) is 9.59 Å². The van der Waals surface area contributed by atoms with E-state index in [4.69, 9.17) is 4.74 Å². The largest absolute Gasteiger partial charge is 0.494 e. The summed E-state index contributed by atoms with van der Waals surface area (Å²) in [5, 5.41) is 0. The highest BCUT2D eigenvalue weighted by molar-refractivity contribution is 6.33. The SMILES string of the molecule is CCCCCCCCCCOc1ccc(C(=O)C=O)cc1. The van der Waals surface area contributed by atoms with E-state index >= 15 is 0 Å². The maximum Gasteiger partial charge on any atom is 0.225 e. The summed E-state index contributed by atoms with van der Waals surface area (Å²) in [6, 6.07) is 6.72. The van der Waals surface area contributed by atoms with E-state index in [1.807, 2.05) is 0 Å². The molecule has 0 spiro atoms. The fraction of sp³-hybridized carbons (Fsp3) is 0.556. The van der Waals surface area contributed by atoms with Gasteiger partial charge in [0.25, 0.3) is 0 Å². The van der Waals surface area contributed by atoms with Gasteiger partial charge in [0.1, 0.15) is 5.75 Å². The van der Waals surface area contributed by atoms with Crippen molar-refractivity contribution >= 4 is 12.1 Å². The molecule has 3 heteroatoms. The molecule has 0 aliphatic rings. The Balaban J connectivity index is 2.07. The molecule has 0 atom stereocenters. The smallest absolute Gasteiger partial charge is 0.225 e. The van der Waals surface area contributed by atoms with Gasteiger partial charge in [-0.05, 0) is 30.7 Å². The highest BCUT2D eigenvalue weighted by Gasteiger charge is 2.03. The van der Waals surface area contributed by atoms with Crippen molar-refractivity contribution in [1.29, 1.82) is 0 Å². The molecule has 1 aromatic carbocycles. The second-order valence-electron chi connectivity index (χ2n) is 5.33. The Morgan fingerprint density at radius 3 is 2.10 bits per heavy atom. The highest BCUT2D eigenvalue weighted by atomic mass is 16.5. The molecule has 3 nitrogen and oxygen atoms in total. The Labute approximate surface area is 127 Å². The fourth-order valence-corrected chi connectivity index (χ4v) is 2.21. The van der Waals surface area contributed by atoms with Crippen molar-refractivity contribution < 1.29 is 14.3 Å². The van der Waals surface area contributed by atoms with E-state index in [2.05, 4.69) is 6.92 Å². The van der Waals surface area contributed by atoms with Crippen LogP contribution in [0, 0.1) is 0 Å². The van der Waals surface area contributed by atoms with Gasteiger partial charge in [-0.2, -0.15) is 0 Å². The van der Waals surface area contributed by atoms with Gasteiger partial charge < -0.3 is 4.74 Å². The Morgan fingerprint density at radius 2 is 1.52 bits per heavy atom. The van der Waals surface area contributed by atoms with E-state index in [-0.39, 0.29) is 0 Å². The van der Waals surface area contributed by atoms with Crippen molar-refractivity contribution in [2.24, 2.45) is 0 Å². The van der Waals surface area contributed by atoms with Crippen molar-refractivity contribution in [3.63, 3.8) is 0 Å². The number of hydrogen-bond donors (Lipinski definition) is 0. The maximum absolute atomic E-state index is 11.1. The molecule has 0 bridgehead atoms. The van der Waals surface area contributed by atoms with Crippen molar-refractivity contribution in [3.8, 4) is 5.75 Å². The second kappa shape index (κ2) is 11.1. The Bertz CT molecular complexity index is 409. The zero-order chi connectivity index (χ0) is 15.3. The van der Waals surface area contributed by atoms with Crippen LogP contribution < -0.4 is 4.74 Å². The number of rotatable bonds is 12. The Hall–Kier alpha value is -1.64. The molecule has 1 aromatic rings. The van der Waals surface area contributed by atoms with Gasteiger partial charge in [-0.1, -0.05) is 51.9 Å². The predicted molar refractivity (Wildman–Crippen MR) is 84.9 cm³/mol. The molecule has 116 valence electrons. The van der Waals surface area contributed by atoms with Crippen LogP contribution in [0.2, 0.25) is 0 Å². The number of Topliss-reactive ketones (excluding diaryl/α,β-unsaturated/α-hetero) is 1. The number of carbonyl (C=O) groups is 2. The summed E-state index contributed by atoms with van der Waals surface area (Å²) in [6.45, 7) is 2.94. The summed E-state index contributed by atoms with van der Waals surface area (Å²) in [7, 11) is 0. The van der Waals surface area contributed by atoms with Crippen molar-refractivity contribution in [3.05, 3.63) is 29.8 Å². The first-order chi connectivity index (χ1) is 10.3. The molecule has 0 unspecified atom stereocenters. The summed E-state index contributed by atoms with van der Waals surface area (Å²) in [5.41, 5.74) is 0.407. The van der Waals surface area contributed by atoms with Gasteiger partial charge in [-0.15, -0.1) is 0 Å². The molecule has 0 heterocycles. The molecule has 0 amide bonds. The topological polar surface area (TPSA) is 43.4 Å². The zero-order valence-electron chi connectivity index (χ0n) is 13.0. The number of carbonyl (C=O) groups excluding carboxylic acids is 2. The number of unbranched alkanes of at least 4 members (excludes halogenated alkanes) is 7. The lowest BCUT2D eigenvalue weighted by Crippen LogP contribution is -2.01. The minimum absolute atomic E-state index is 0.330. The number of ketones is 1. The zero-order valence-corrected chi connectivity index (χ0v) is 13.0. The first-order valence-electron chi connectivity index (χ1n) is 8.00. The lowest BCUT2D eigenvalue weighted by Gasteiger charge is -2.06. The van der Waals surface area contributed by atoms with Crippen LogP contribution in [0.4, 0.5) is 0 Å². The van der Waals surface area contributed by atoms with Crippen LogP contribution in [0.1, 0.15) is 68.6 Å². The molecule has 21 heavy (non-hydrogen) atoms. The van der Waals surface area contributed by atoms with Crippen LogP contribution >= 0.6 is 0 Å². The molecule has 1 rings (SSSR count). The van der Waals surface area contributed by atoms with Gasteiger partial charge in [0, 0.05) is 5.56 Å². The summed E-state index contributed by atoms with van der Waals surface area (Å²) >= 11 is 0. The number of hydrogen-bond acceptors (Lipinski definition) is 3. The lowest BCUT2D eigenvalue weighted by molar-refractivity contribution is -0.104. The van der Waals surface area contributed by atoms with Gasteiger partial charge in [0.2, 0.25) is 5.78 Å². The molecule has 0 aliphatic heterocycles. The molecule has 0 saturated carbocycles. The standard InChI is InChI=1S/C18H26O3/c1-2-3-4-5-6-7-8-9-14-21-17-12-10-16(11-13-17)18(20)15-19/h10-13,15H,2-9,14H2,1H3. The van der Waals surface area contributed by atoms with E-state index in [1.54, 1.807) is 24.3 Å². The van der Waals surface area contributed by atoms with Gasteiger partial charge in [-0.25, -0.2) is 0 Å². The van der Waals surface area contributed by atoms with Gasteiger partial charge in [0.15, 0.2) is 6.29 Å². The minimum Gasteiger partial charge on any atom is -0.494 e. The van der Waals surface area contributed by atoms with Crippen LogP contribution in [0.3, 0.4) is 0 Å². The van der Waals surface area contributed by atoms with Crippen LogP contribution in [0.15, 0.2) is 24.3 Å². The van der Waals surface area contributed by atoms with E-state index < -0.39 is 5.78 Å². The van der Waals surface area contributed by atoms with Crippen molar-refractivity contribution in [2.75, 3.05) is 6.61 Å². The Morgan fingerprint density at radius 1 is 0.952 bits per heavy atom. The van der Waals surface area contributed by atoms with Crippen molar-refractivity contribution in [1.82, 2.24) is 0 Å². The third-order valence-electron chi connectivity index (χ3n) is 3.51. The van der Waals surface area contributed by atoms with E-state index in [0.717, 1.165) is 12.2 Å². The van der Waals surface area contributed by atoms with E-state index in [1.165, 1.54) is 44.9 Å². The van der Waals surface area contributed by atoms with Crippen molar-refractivity contribution in [2.45, 2.75) is 58.3 Å². The normalized spacial score (nSPS) is 10.3. The number of ether oxygens (including phenoxy) is 1. The molecule has 0 N–H and O–H groups in total. The average molecular weight is 290 g/mol. The molecular weight excluding hydrogens is 264 g/mol. The van der Waals surface area contributed by atoms with Gasteiger partial charge in [0.05, 0.1) is 6.61 Å². The molecule has 0 radical (unpaired) electrons. The number of benzene rings is 1. The van der Waals surface area contributed by atoms with Crippen LogP contribution in [-0.2, 0) is 4.79 Å². The molecule has 0 saturated heterocycles. The van der Waals surface area contributed by atoms with E-state index in [0.29, 0.717) is 18.5 Å². The summed E-state index contributed by atoms with van der Waals surface area (Å²) in [5.74, 6) is 0.255. The molecule has 0 aromatic heterocycles. The highest BCUT2D eigenvalue weighted by Crippen LogP contribution is 2.13. The lowest BCUT2D eigenvalue weighted by atomic mass is 10.1. The monoisotopic (exact) mass is 290 g/mol. The summed E-state index contributed by atoms with van der Waals surface area (Å²) in [6.07, 6.45) is 10.5. The third-order valence-corrected chi connectivity index (χ3v) is 3.51. The predicted octanol–water partition coefficient (Wildman–Crippen LogP) is 4.59. The van der Waals surface area contributed by atoms with Crippen LogP contribution in [0.25, 0.3) is 0 Å². The maximum atomic E-state index is 11.1. The van der Waals surface area contributed by atoms with E-state index in [9.17, 15) is 9.59 Å². The Kier molecular flexibility index (Phi) is 9.18. The second-order valence-corrected chi connectivity index (χ2v) is 5.33. The van der Waals surface area contributed by atoms with Crippen LogP contribution in [0.5, 0.6) is 5.75 Å². The van der Waals surface area contributed by atoms with Gasteiger partial charge >= 0.3 is 0 Å². The average Bonchev–Trinajstić information content (AvgIpc) is 2.53. The molecule has 0 aliphatic carbocycles. The van der Waals surface area contributed by atoms with Crippen LogP contribution in [-0.4, -0.2) is 18.7 Å². The first kappa shape index (κ1) is 17.4. The third kappa shape index (κ3) is 7.64. The summed E-state index contributed by atoms with van der Waals surface area (Å²) < 4.78 is 5.62. The first-order valence-corrected chi connectivity index (χ1v) is 8.00. The summed E-state index contributed by atoms with van der Waals surface area (Å²) in [4.78, 5) is 21.5. The quantitative estimate of drug-likeness (QED) is 0.245. The molecule has 0 fully saturated rings. The molecular formula is C18H26O3. The fourth-order valence-electron chi connectivity index (χ4n) is 2.21. The minimum atomic E-state index is -0.496.